The number of aliphatic hydroxyl groups is 1. The Hall–Kier alpha value is -2.03. The van der Waals surface area contributed by atoms with Crippen LogP contribution >= 0.6 is 11.3 Å². The SMILES string of the molecule is C[C@H](C(=O)N1CCOCC1)[C@@H]1CC[C@@]2(C)Cc3sc(Nc4cccnc4)nc3[C@@H](C)[C@@H]2[C@H]1O. The molecule has 2 aromatic heterocycles. The molecule has 1 saturated heterocycles. The van der Waals surface area contributed by atoms with Gasteiger partial charge in [-0.05, 0) is 48.6 Å². The molecule has 0 unspecified atom stereocenters. The Morgan fingerprint density at radius 1 is 1.39 bits per heavy atom. The number of nitrogens with zero attached hydrogens (tertiary/aromatic N) is 3. The van der Waals surface area contributed by atoms with Crippen molar-refractivity contribution < 1.29 is 14.6 Å². The van der Waals surface area contributed by atoms with Crippen LogP contribution in [0.3, 0.4) is 0 Å². The summed E-state index contributed by atoms with van der Waals surface area (Å²) >= 11 is 1.72. The fourth-order valence-corrected chi connectivity index (χ4v) is 7.70. The van der Waals surface area contributed by atoms with Gasteiger partial charge in [-0.25, -0.2) is 4.98 Å². The largest absolute Gasteiger partial charge is 0.392 e. The van der Waals surface area contributed by atoms with Crippen LogP contribution in [-0.4, -0.2) is 58.3 Å². The lowest BCUT2D eigenvalue weighted by Gasteiger charge is -2.53. The third kappa shape index (κ3) is 4.17. The summed E-state index contributed by atoms with van der Waals surface area (Å²) in [7, 11) is 0. The van der Waals surface area contributed by atoms with E-state index < -0.39 is 6.10 Å². The van der Waals surface area contributed by atoms with E-state index in [9.17, 15) is 9.90 Å². The molecule has 3 heterocycles. The molecule has 0 radical (unpaired) electrons. The highest BCUT2D eigenvalue weighted by atomic mass is 32.1. The molecule has 0 spiro atoms. The maximum atomic E-state index is 13.2. The Morgan fingerprint density at radius 3 is 2.91 bits per heavy atom. The fourth-order valence-electron chi connectivity index (χ4n) is 6.42. The number of hydrogen-bond donors (Lipinski definition) is 2. The van der Waals surface area contributed by atoms with Crippen LogP contribution in [0.2, 0.25) is 0 Å². The van der Waals surface area contributed by atoms with Gasteiger partial charge in [0.2, 0.25) is 5.91 Å². The maximum Gasteiger partial charge on any atom is 0.225 e. The minimum atomic E-state index is -0.511. The molecule has 0 bridgehead atoms. The molecule has 2 N–H and O–H groups in total. The molecule has 2 aliphatic carbocycles. The number of fused-ring (bicyclic) bond motifs is 2. The van der Waals surface area contributed by atoms with E-state index in [1.807, 2.05) is 24.0 Å². The summed E-state index contributed by atoms with van der Waals surface area (Å²) in [6.07, 6.45) is 5.88. The smallest absolute Gasteiger partial charge is 0.225 e. The van der Waals surface area contributed by atoms with Gasteiger partial charge in [-0.15, -0.1) is 11.3 Å². The van der Waals surface area contributed by atoms with E-state index >= 15 is 0 Å². The van der Waals surface area contributed by atoms with E-state index in [-0.39, 0.29) is 35.0 Å². The number of pyridine rings is 1. The van der Waals surface area contributed by atoms with Gasteiger partial charge in [0.25, 0.3) is 0 Å². The molecule has 5 rings (SSSR count). The molecule has 1 aliphatic heterocycles. The van der Waals surface area contributed by atoms with Crippen molar-refractivity contribution in [2.75, 3.05) is 31.6 Å². The van der Waals surface area contributed by atoms with E-state index in [4.69, 9.17) is 9.72 Å². The zero-order valence-electron chi connectivity index (χ0n) is 19.7. The van der Waals surface area contributed by atoms with Crippen molar-refractivity contribution in [1.29, 1.82) is 0 Å². The van der Waals surface area contributed by atoms with Crippen LogP contribution in [0, 0.1) is 23.2 Å². The number of aromatic nitrogens is 2. The van der Waals surface area contributed by atoms with Crippen LogP contribution in [0.15, 0.2) is 24.5 Å². The van der Waals surface area contributed by atoms with Gasteiger partial charge in [-0.3, -0.25) is 9.78 Å². The predicted octanol–water partition coefficient (Wildman–Crippen LogP) is 3.83. The van der Waals surface area contributed by atoms with Crippen LogP contribution in [0.4, 0.5) is 10.8 Å². The second kappa shape index (κ2) is 8.96. The molecule has 1 amide bonds. The summed E-state index contributed by atoms with van der Waals surface area (Å²) in [6, 6.07) is 3.89. The van der Waals surface area contributed by atoms with E-state index in [2.05, 4.69) is 24.1 Å². The van der Waals surface area contributed by atoms with Crippen LogP contribution in [0.1, 0.15) is 50.1 Å². The Kier molecular flexibility index (Phi) is 6.18. The lowest BCUT2D eigenvalue weighted by atomic mass is 9.53. The Morgan fingerprint density at radius 2 is 2.18 bits per heavy atom. The first-order valence-electron chi connectivity index (χ1n) is 12.1. The first-order valence-corrected chi connectivity index (χ1v) is 12.9. The number of ether oxygens (including phenoxy) is 1. The third-order valence-electron chi connectivity index (χ3n) is 8.19. The van der Waals surface area contributed by atoms with E-state index in [1.165, 1.54) is 4.88 Å². The Balaban J connectivity index is 1.36. The van der Waals surface area contributed by atoms with Crippen molar-refractivity contribution in [2.45, 2.75) is 52.1 Å². The second-order valence-electron chi connectivity index (χ2n) is 10.3. The van der Waals surface area contributed by atoms with Crippen molar-refractivity contribution >= 4 is 28.1 Å². The van der Waals surface area contributed by atoms with Crippen molar-refractivity contribution in [3.63, 3.8) is 0 Å². The summed E-state index contributed by atoms with van der Waals surface area (Å²) in [5, 5.41) is 15.9. The summed E-state index contributed by atoms with van der Waals surface area (Å²) in [5.74, 6) is 0.190. The first kappa shape index (κ1) is 22.7. The molecule has 8 heteroatoms. The van der Waals surface area contributed by atoms with E-state index in [0.29, 0.717) is 26.3 Å². The van der Waals surface area contributed by atoms with Gasteiger partial charge in [0.05, 0.1) is 36.9 Å². The van der Waals surface area contributed by atoms with Gasteiger partial charge in [0.15, 0.2) is 5.13 Å². The Bertz CT molecular complexity index is 993. The zero-order valence-corrected chi connectivity index (χ0v) is 20.5. The maximum absolute atomic E-state index is 13.2. The van der Waals surface area contributed by atoms with Gasteiger partial charge in [-0.1, -0.05) is 20.8 Å². The van der Waals surface area contributed by atoms with Crippen LogP contribution < -0.4 is 5.32 Å². The number of aliphatic hydroxyl groups excluding tert-OH is 1. The number of morpholine rings is 1. The number of hydrogen-bond acceptors (Lipinski definition) is 7. The van der Waals surface area contributed by atoms with Gasteiger partial charge in [0, 0.05) is 36.0 Å². The second-order valence-corrected chi connectivity index (χ2v) is 11.3. The van der Waals surface area contributed by atoms with Gasteiger partial charge in [0.1, 0.15) is 0 Å². The van der Waals surface area contributed by atoms with Gasteiger partial charge in [-0.2, -0.15) is 0 Å². The molecular formula is C25H34N4O3S. The molecule has 6 atom stereocenters. The first-order chi connectivity index (χ1) is 15.9. The highest BCUT2D eigenvalue weighted by molar-refractivity contribution is 7.15. The molecule has 7 nitrogen and oxygen atoms in total. The van der Waals surface area contributed by atoms with Crippen LogP contribution in [-0.2, 0) is 16.0 Å². The van der Waals surface area contributed by atoms with Gasteiger partial charge >= 0.3 is 0 Å². The van der Waals surface area contributed by atoms with E-state index in [0.717, 1.165) is 35.8 Å². The molecule has 1 saturated carbocycles. The number of nitrogens with one attached hydrogen (secondary N) is 1. The van der Waals surface area contributed by atoms with E-state index in [1.54, 1.807) is 23.7 Å². The summed E-state index contributed by atoms with van der Waals surface area (Å²) in [4.78, 5) is 25.5. The average Bonchev–Trinajstić information content (AvgIpc) is 3.21. The summed E-state index contributed by atoms with van der Waals surface area (Å²) < 4.78 is 5.41. The Labute approximate surface area is 199 Å². The minimum absolute atomic E-state index is 0.0160. The number of rotatable bonds is 4. The number of anilines is 2. The molecule has 178 valence electrons. The standard InChI is InChI=1S/C25H34N4O3S/c1-15(23(31)29-9-11-32-12-10-29)18-6-7-25(3)13-19-21(16(2)20(25)22(18)30)28-24(33-19)27-17-5-4-8-26-14-17/h4-5,8,14-16,18,20,22,30H,6-7,9-13H2,1-3H3,(H,27,28)/t15-,16-,18-,20+,22-,25-/m0/s1. The molecule has 2 aromatic rings. The molecular weight excluding hydrogens is 436 g/mol. The van der Waals surface area contributed by atoms with Crippen molar-refractivity contribution in [3.05, 3.63) is 35.1 Å². The van der Waals surface area contributed by atoms with Crippen LogP contribution in [0.25, 0.3) is 0 Å². The van der Waals surface area contributed by atoms with Crippen LogP contribution in [0.5, 0.6) is 0 Å². The highest BCUT2D eigenvalue weighted by Crippen LogP contribution is 2.57. The molecule has 2 fully saturated rings. The van der Waals surface area contributed by atoms with Crippen molar-refractivity contribution in [2.24, 2.45) is 23.2 Å². The number of amides is 1. The zero-order chi connectivity index (χ0) is 23.2. The van der Waals surface area contributed by atoms with Gasteiger partial charge < -0.3 is 20.1 Å². The topological polar surface area (TPSA) is 87.6 Å². The third-order valence-corrected chi connectivity index (χ3v) is 9.18. The number of carbonyl (C=O) groups excluding carboxylic acids is 1. The normalized spacial score (nSPS) is 32.5. The van der Waals surface area contributed by atoms with Crippen molar-refractivity contribution in [1.82, 2.24) is 14.9 Å². The monoisotopic (exact) mass is 470 g/mol. The summed E-state index contributed by atoms with van der Waals surface area (Å²) in [6.45, 7) is 9.03. The lowest BCUT2D eigenvalue weighted by Crippen LogP contribution is -2.54. The average molecular weight is 471 g/mol. The fraction of sp³-hybridized carbons (Fsp3) is 0.640. The number of carbonyl (C=O) groups is 1. The lowest BCUT2D eigenvalue weighted by molar-refractivity contribution is -0.148. The van der Waals surface area contributed by atoms with Crippen molar-refractivity contribution in [3.8, 4) is 0 Å². The molecule has 3 aliphatic rings. The molecule has 33 heavy (non-hydrogen) atoms. The summed E-state index contributed by atoms with van der Waals surface area (Å²) in [5.41, 5.74) is 2.04. The minimum Gasteiger partial charge on any atom is -0.392 e. The number of thiazole rings is 1. The highest BCUT2D eigenvalue weighted by Gasteiger charge is 2.54. The predicted molar refractivity (Wildman–Crippen MR) is 129 cm³/mol. The molecule has 0 aromatic carbocycles. The quantitative estimate of drug-likeness (QED) is 0.706.